The predicted octanol–water partition coefficient (Wildman–Crippen LogP) is 2.30. The number of alkyl halides is 2. The van der Waals surface area contributed by atoms with Crippen LogP contribution in [0.15, 0.2) is 24.3 Å². The van der Waals surface area contributed by atoms with Crippen LogP contribution in [-0.4, -0.2) is 37.1 Å². The van der Waals surface area contributed by atoms with Crippen molar-refractivity contribution in [2.24, 2.45) is 0 Å². The molecule has 1 aliphatic rings. The number of hydrogen-bond donors (Lipinski definition) is 2. The van der Waals surface area contributed by atoms with Gasteiger partial charge in [-0.15, -0.1) is 12.4 Å². The number of carbonyl (C=O) groups excluding carboxylic acids is 1. The molecule has 124 valence electrons. The molecule has 2 N–H and O–H groups in total. The molecule has 2 rings (SSSR count). The Labute approximate surface area is 135 Å². The van der Waals surface area contributed by atoms with E-state index in [1.54, 1.807) is 0 Å². The molecule has 1 amide bonds. The first-order valence-electron chi connectivity index (χ1n) is 6.98. The third kappa shape index (κ3) is 5.42. The summed E-state index contributed by atoms with van der Waals surface area (Å²) in [4.78, 5) is 11.8. The monoisotopic (exact) mass is 334 g/mol. The summed E-state index contributed by atoms with van der Waals surface area (Å²) in [7, 11) is 0. The second-order valence-corrected chi connectivity index (χ2v) is 5.48. The maximum atomic E-state index is 13.0. The van der Waals surface area contributed by atoms with Crippen LogP contribution in [0.25, 0.3) is 0 Å². The molecule has 2 unspecified atom stereocenters. The number of amides is 1. The van der Waals surface area contributed by atoms with E-state index in [1.807, 2.05) is 38.1 Å². The molecular formula is C15H21ClF2N2O2. The smallest absolute Gasteiger partial charge is 0.262 e. The molecule has 22 heavy (non-hydrogen) atoms. The van der Waals surface area contributed by atoms with E-state index in [0.29, 0.717) is 5.75 Å². The van der Waals surface area contributed by atoms with Crippen molar-refractivity contribution in [2.75, 3.05) is 13.1 Å². The zero-order valence-corrected chi connectivity index (χ0v) is 13.4. The lowest BCUT2D eigenvalue weighted by Crippen LogP contribution is -2.43. The molecule has 0 aliphatic carbocycles. The molecule has 1 saturated heterocycles. The van der Waals surface area contributed by atoms with Crippen molar-refractivity contribution < 1.29 is 18.3 Å². The van der Waals surface area contributed by atoms with Crippen molar-refractivity contribution in [1.29, 1.82) is 0 Å². The third-order valence-corrected chi connectivity index (χ3v) is 3.35. The Morgan fingerprint density at radius 1 is 1.45 bits per heavy atom. The summed E-state index contributed by atoms with van der Waals surface area (Å²) in [6, 6.07) is 6.75. The van der Waals surface area contributed by atoms with Crippen LogP contribution in [0.4, 0.5) is 8.78 Å². The van der Waals surface area contributed by atoms with Crippen molar-refractivity contribution in [3.8, 4) is 5.75 Å². The first-order valence-corrected chi connectivity index (χ1v) is 6.98. The normalized spacial score (nSPS) is 20.8. The van der Waals surface area contributed by atoms with E-state index in [2.05, 4.69) is 10.6 Å². The standard InChI is InChI=1S/C15H20F2N2O2.ClH/c1-10-3-5-12(6-4-10)21-11(2)8-18-14(20)13-7-15(16,17)9-19-13;/h3-6,11,13,19H,7-9H2,1-2H3,(H,18,20);1H. The van der Waals surface area contributed by atoms with Crippen molar-refractivity contribution in [3.63, 3.8) is 0 Å². The summed E-state index contributed by atoms with van der Waals surface area (Å²) in [5, 5.41) is 5.16. The zero-order chi connectivity index (χ0) is 15.5. The van der Waals surface area contributed by atoms with Crippen LogP contribution in [0, 0.1) is 6.92 Å². The molecule has 1 heterocycles. The van der Waals surface area contributed by atoms with E-state index in [9.17, 15) is 13.6 Å². The van der Waals surface area contributed by atoms with Gasteiger partial charge in [-0.25, -0.2) is 8.78 Å². The number of carbonyl (C=O) groups is 1. The van der Waals surface area contributed by atoms with Crippen molar-refractivity contribution in [3.05, 3.63) is 29.8 Å². The Hall–Kier alpha value is -1.40. The third-order valence-electron chi connectivity index (χ3n) is 3.35. The van der Waals surface area contributed by atoms with Gasteiger partial charge in [-0.3, -0.25) is 10.1 Å². The Morgan fingerprint density at radius 3 is 2.64 bits per heavy atom. The molecule has 0 bridgehead atoms. The summed E-state index contributed by atoms with van der Waals surface area (Å²) in [6.07, 6.45) is -0.690. The van der Waals surface area contributed by atoms with Crippen LogP contribution in [0.2, 0.25) is 0 Å². The number of hydrogen-bond acceptors (Lipinski definition) is 3. The molecule has 1 fully saturated rings. The molecule has 0 saturated carbocycles. The fourth-order valence-electron chi connectivity index (χ4n) is 2.16. The highest BCUT2D eigenvalue weighted by molar-refractivity contribution is 5.85. The van der Waals surface area contributed by atoms with E-state index in [1.165, 1.54) is 0 Å². The highest BCUT2D eigenvalue weighted by atomic mass is 35.5. The Morgan fingerprint density at radius 2 is 2.09 bits per heavy atom. The van der Waals surface area contributed by atoms with Gasteiger partial charge in [0, 0.05) is 6.42 Å². The number of ether oxygens (including phenoxy) is 1. The molecule has 2 atom stereocenters. The maximum Gasteiger partial charge on any atom is 0.262 e. The number of rotatable bonds is 5. The van der Waals surface area contributed by atoms with Gasteiger partial charge < -0.3 is 10.1 Å². The summed E-state index contributed by atoms with van der Waals surface area (Å²) in [5.74, 6) is -2.49. The summed E-state index contributed by atoms with van der Waals surface area (Å²) >= 11 is 0. The van der Waals surface area contributed by atoms with E-state index >= 15 is 0 Å². The molecule has 0 radical (unpaired) electrons. The minimum absolute atomic E-state index is 0. The zero-order valence-electron chi connectivity index (χ0n) is 12.6. The molecule has 0 spiro atoms. The molecule has 0 aromatic heterocycles. The minimum atomic E-state index is -2.80. The number of halogens is 3. The first kappa shape index (κ1) is 18.6. The van der Waals surface area contributed by atoms with Crippen LogP contribution in [0.5, 0.6) is 5.75 Å². The highest BCUT2D eigenvalue weighted by Crippen LogP contribution is 2.25. The van der Waals surface area contributed by atoms with Gasteiger partial charge in [-0.1, -0.05) is 17.7 Å². The van der Waals surface area contributed by atoms with E-state index < -0.39 is 30.8 Å². The SMILES string of the molecule is Cc1ccc(OC(C)CNC(=O)C2CC(F)(F)CN2)cc1.Cl. The average molecular weight is 335 g/mol. The Bertz CT molecular complexity index is 497. The lowest BCUT2D eigenvalue weighted by Gasteiger charge is -2.17. The largest absolute Gasteiger partial charge is 0.489 e. The van der Waals surface area contributed by atoms with Crippen LogP contribution in [-0.2, 0) is 4.79 Å². The quantitative estimate of drug-likeness (QED) is 0.868. The van der Waals surface area contributed by atoms with Crippen LogP contribution in [0.3, 0.4) is 0 Å². The second kappa shape index (κ2) is 7.74. The molecule has 1 aromatic rings. The minimum Gasteiger partial charge on any atom is -0.489 e. The van der Waals surface area contributed by atoms with Gasteiger partial charge in [0.2, 0.25) is 5.91 Å². The maximum absolute atomic E-state index is 13.0. The van der Waals surface area contributed by atoms with E-state index in [-0.39, 0.29) is 25.1 Å². The van der Waals surface area contributed by atoms with Crippen LogP contribution >= 0.6 is 12.4 Å². The van der Waals surface area contributed by atoms with Gasteiger partial charge in [-0.05, 0) is 26.0 Å². The van der Waals surface area contributed by atoms with Crippen LogP contribution < -0.4 is 15.4 Å². The summed E-state index contributed by atoms with van der Waals surface area (Å²) in [5.41, 5.74) is 1.14. The molecular weight excluding hydrogens is 314 g/mol. The molecule has 7 heteroatoms. The van der Waals surface area contributed by atoms with Gasteiger partial charge in [0.1, 0.15) is 11.9 Å². The lowest BCUT2D eigenvalue weighted by molar-refractivity contribution is -0.123. The Balaban J connectivity index is 0.00000242. The predicted molar refractivity (Wildman–Crippen MR) is 82.9 cm³/mol. The summed E-state index contributed by atoms with van der Waals surface area (Å²) in [6.45, 7) is 3.63. The Kier molecular flexibility index (Phi) is 6.56. The fourth-order valence-corrected chi connectivity index (χ4v) is 2.16. The molecule has 4 nitrogen and oxygen atoms in total. The number of aryl methyl sites for hydroxylation is 1. The van der Waals surface area contributed by atoms with Crippen molar-refractivity contribution in [2.45, 2.75) is 38.3 Å². The summed E-state index contributed by atoms with van der Waals surface area (Å²) < 4.78 is 31.7. The highest BCUT2D eigenvalue weighted by Gasteiger charge is 2.42. The molecule has 1 aliphatic heterocycles. The topological polar surface area (TPSA) is 50.4 Å². The van der Waals surface area contributed by atoms with Gasteiger partial charge >= 0.3 is 0 Å². The van der Waals surface area contributed by atoms with E-state index in [4.69, 9.17) is 4.74 Å². The first-order chi connectivity index (χ1) is 9.85. The second-order valence-electron chi connectivity index (χ2n) is 5.48. The average Bonchev–Trinajstić information content (AvgIpc) is 2.79. The molecule has 1 aromatic carbocycles. The van der Waals surface area contributed by atoms with Crippen molar-refractivity contribution in [1.82, 2.24) is 10.6 Å². The van der Waals surface area contributed by atoms with Gasteiger partial charge in [-0.2, -0.15) is 0 Å². The van der Waals surface area contributed by atoms with E-state index in [0.717, 1.165) is 5.56 Å². The van der Waals surface area contributed by atoms with Crippen LogP contribution in [0.1, 0.15) is 18.9 Å². The number of benzene rings is 1. The van der Waals surface area contributed by atoms with Crippen molar-refractivity contribution >= 4 is 18.3 Å². The van der Waals surface area contributed by atoms with Gasteiger partial charge in [0.25, 0.3) is 5.92 Å². The van der Waals surface area contributed by atoms with Gasteiger partial charge in [0.05, 0.1) is 19.1 Å². The van der Waals surface area contributed by atoms with Gasteiger partial charge in [0.15, 0.2) is 0 Å². The number of nitrogens with one attached hydrogen (secondary N) is 2. The fraction of sp³-hybridized carbons (Fsp3) is 0.533. The lowest BCUT2D eigenvalue weighted by atomic mass is 10.2.